The molecule has 0 spiro atoms. The number of hydrogen-bond donors (Lipinski definition) is 1. The van der Waals surface area contributed by atoms with Gasteiger partial charge in [0.2, 0.25) is 5.91 Å². The van der Waals surface area contributed by atoms with E-state index in [-0.39, 0.29) is 18.2 Å². The van der Waals surface area contributed by atoms with Gasteiger partial charge in [0.05, 0.1) is 6.04 Å². The van der Waals surface area contributed by atoms with Gasteiger partial charge in [-0.1, -0.05) is 40.2 Å². The van der Waals surface area contributed by atoms with Crippen LogP contribution in [0, 0.1) is 0 Å². The van der Waals surface area contributed by atoms with Crippen molar-refractivity contribution in [3.8, 4) is 0 Å². The van der Waals surface area contributed by atoms with Gasteiger partial charge >= 0.3 is 0 Å². The molecule has 0 rings (SSSR count). The molecule has 0 aliphatic rings. The van der Waals surface area contributed by atoms with Crippen LogP contribution in [0.3, 0.4) is 0 Å². The van der Waals surface area contributed by atoms with Crippen LogP contribution in [0.25, 0.3) is 0 Å². The molecular weight excluding hydrogens is 242 g/mol. The second kappa shape index (κ2) is 12.2. The molecule has 0 bridgehead atoms. The van der Waals surface area contributed by atoms with Gasteiger partial charge in [0.25, 0.3) is 0 Å². The predicted octanol–water partition coefficient (Wildman–Crippen LogP) is 3.03. The van der Waals surface area contributed by atoms with Gasteiger partial charge in [-0.15, -0.1) is 0 Å². The zero-order valence-electron chi connectivity index (χ0n) is 12.6. The molecule has 1 unspecified atom stereocenters. The number of nitrogens with one attached hydrogen (secondary N) is 1. The van der Waals surface area contributed by atoms with Gasteiger partial charge in [-0.3, -0.25) is 4.79 Å². The number of hydrogen-bond acceptors (Lipinski definition) is 3. The fourth-order valence-electron chi connectivity index (χ4n) is 1.57. The van der Waals surface area contributed by atoms with E-state index < -0.39 is 0 Å². The number of amides is 1. The quantitative estimate of drug-likeness (QED) is 0.337. The first-order valence-electron chi connectivity index (χ1n) is 7.35. The molecule has 1 atom stereocenters. The molecular formula is C15H29NO3. The van der Waals surface area contributed by atoms with Crippen LogP contribution in [0.1, 0.15) is 52.9 Å². The van der Waals surface area contributed by atoms with E-state index >= 15 is 0 Å². The second-order valence-corrected chi connectivity index (χ2v) is 4.54. The van der Waals surface area contributed by atoms with Crippen LogP contribution in [0.4, 0.5) is 0 Å². The predicted molar refractivity (Wildman–Crippen MR) is 77.9 cm³/mol. The molecule has 0 fully saturated rings. The van der Waals surface area contributed by atoms with E-state index in [1.54, 1.807) is 0 Å². The first-order valence-corrected chi connectivity index (χ1v) is 7.35. The Morgan fingerprint density at radius 1 is 1.16 bits per heavy atom. The summed E-state index contributed by atoms with van der Waals surface area (Å²) in [5.41, 5.74) is 0. The maximum absolute atomic E-state index is 11.4. The van der Waals surface area contributed by atoms with Crippen molar-refractivity contribution >= 4 is 5.91 Å². The Bertz CT molecular complexity index is 234. The smallest absolute Gasteiger partial charge is 0.243 e. The molecule has 0 saturated carbocycles. The van der Waals surface area contributed by atoms with E-state index in [9.17, 15) is 4.79 Å². The largest absolute Gasteiger partial charge is 0.351 e. The Kier molecular flexibility index (Phi) is 11.6. The molecule has 0 heterocycles. The van der Waals surface area contributed by atoms with Crippen LogP contribution < -0.4 is 5.32 Å². The van der Waals surface area contributed by atoms with E-state index in [4.69, 9.17) is 9.47 Å². The molecule has 0 aromatic carbocycles. The Balaban J connectivity index is 4.36. The maximum Gasteiger partial charge on any atom is 0.243 e. The van der Waals surface area contributed by atoms with E-state index in [1.165, 1.54) is 6.08 Å². The first-order chi connectivity index (χ1) is 9.19. The third-order valence-electron chi connectivity index (χ3n) is 2.84. The summed E-state index contributed by atoms with van der Waals surface area (Å²) in [5, 5.41) is 2.86. The highest BCUT2D eigenvalue weighted by atomic mass is 16.7. The molecule has 0 radical (unpaired) electrons. The summed E-state index contributed by atoms with van der Waals surface area (Å²) in [6.07, 6.45) is 5.83. The number of ether oxygens (including phenoxy) is 2. The third-order valence-corrected chi connectivity index (χ3v) is 2.84. The minimum absolute atomic E-state index is 0.126. The summed E-state index contributed by atoms with van der Waals surface area (Å²) in [5.74, 6) is -0.185. The molecule has 0 saturated heterocycles. The van der Waals surface area contributed by atoms with Crippen molar-refractivity contribution in [1.82, 2.24) is 5.32 Å². The molecule has 19 heavy (non-hydrogen) atoms. The highest BCUT2D eigenvalue weighted by molar-refractivity contribution is 5.87. The van der Waals surface area contributed by atoms with E-state index in [0.717, 1.165) is 32.1 Å². The highest BCUT2D eigenvalue weighted by Crippen LogP contribution is 2.08. The van der Waals surface area contributed by atoms with Crippen molar-refractivity contribution in [2.45, 2.75) is 65.2 Å². The fraction of sp³-hybridized carbons (Fsp3) is 0.800. The van der Waals surface area contributed by atoms with Crippen LogP contribution in [-0.4, -0.2) is 31.5 Å². The zero-order chi connectivity index (χ0) is 14.5. The summed E-state index contributed by atoms with van der Waals surface area (Å²) in [6, 6.07) is -0.126. The van der Waals surface area contributed by atoms with Crippen molar-refractivity contribution in [2.24, 2.45) is 0 Å². The molecule has 0 aromatic heterocycles. The Hall–Kier alpha value is -0.870. The maximum atomic E-state index is 11.4. The second-order valence-electron chi connectivity index (χ2n) is 4.54. The average molecular weight is 271 g/mol. The van der Waals surface area contributed by atoms with Crippen molar-refractivity contribution in [1.29, 1.82) is 0 Å². The fourth-order valence-corrected chi connectivity index (χ4v) is 1.57. The number of carbonyl (C=O) groups is 1. The van der Waals surface area contributed by atoms with Gasteiger partial charge in [-0.25, -0.2) is 0 Å². The van der Waals surface area contributed by atoms with Crippen LogP contribution in [0.2, 0.25) is 0 Å². The number of unbranched alkanes of at least 4 members (excludes halogenated alkanes) is 2. The van der Waals surface area contributed by atoms with Crippen molar-refractivity contribution in [2.75, 3.05) is 13.2 Å². The van der Waals surface area contributed by atoms with Crippen LogP contribution in [0.15, 0.2) is 12.7 Å². The van der Waals surface area contributed by atoms with Gasteiger partial charge in [-0.05, 0) is 25.3 Å². The Morgan fingerprint density at radius 3 is 2.05 bits per heavy atom. The Labute approximate surface area is 117 Å². The van der Waals surface area contributed by atoms with Gasteiger partial charge in [0.1, 0.15) is 0 Å². The third kappa shape index (κ3) is 8.78. The Morgan fingerprint density at radius 2 is 1.68 bits per heavy atom. The molecule has 0 aromatic rings. The lowest BCUT2D eigenvalue weighted by molar-refractivity contribution is -0.163. The van der Waals surface area contributed by atoms with Crippen LogP contribution in [0.5, 0.6) is 0 Å². The van der Waals surface area contributed by atoms with Crippen molar-refractivity contribution in [3.05, 3.63) is 12.7 Å². The van der Waals surface area contributed by atoms with Gasteiger partial charge in [0, 0.05) is 13.2 Å². The summed E-state index contributed by atoms with van der Waals surface area (Å²) in [7, 11) is 0. The SMILES string of the molecule is C=CC(=O)NC(CC)C(OCCCC)OCCCC. The molecule has 4 nitrogen and oxygen atoms in total. The van der Waals surface area contributed by atoms with Gasteiger partial charge < -0.3 is 14.8 Å². The lowest BCUT2D eigenvalue weighted by Gasteiger charge is -2.27. The minimum Gasteiger partial charge on any atom is -0.351 e. The highest BCUT2D eigenvalue weighted by Gasteiger charge is 2.22. The summed E-state index contributed by atoms with van der Waals surface area (Å²) < 4.78 is 11.5. The van der Waals surface area contributed by atoms with E-state index in [1.807, 2.05) is 6.92 Å². The molecule has 4 heteroatoms. The van der Waals surface area contributed by atoms with E-state index in [2.05, 4.69) is 25.7 Å². The minimum atomic E-state index is -0.369. The molecule has 112 valence electrons. The molecule has 1 N–H and O–H groups in total. The molecule has 1 amide bonds. The van der Waals surface area contributed by atoms with Crippen LogP contribution >= 0.6 is 0 Å². The standard InChI is InChI=1S/C15H29NO3/c1-5-9-11-18-15(19-12-10-6-2)13(7-3)16-14(17)8-4/h8,13,15H,4-7,9-12H2,1-3H3,(H,16,17). The summed E-state index contributed by atoms with van der Waals surface area (Å²) >= 11 is 0. The van der Waals surface area contributed by atoms with Crippen molar-refractivity contribution < 1.29 is 14.3 Å². The van der Waals surface area contributed by atoms with Gasteiger partial charge in [-0.2, -0.15) is 0 Å². The van der Waals surface area contributed by atoms with E-state index in [0.29, 0.717) is 13.2 Å². The average Bonchev–Trinajstić information content (AvgIpc) is 2.43. The van der Waals surface area contributed by atoms with Crippen molar-refractivity contribution in [3.63, 3.8) is 0 Å². The lowest BCUT2D eigenvalue weighted by Crippen LogP contribution is -2.45. The van der Waals surface area contributed by atoms with Gasteiger partial charge in [0.15, 0.2) is 6.29 Å². The zero-order valence-corrected chi connectivity index (χ0v) is 12.6. The normalized spacial score (nSPS) is 12.4. The lowest BCUT2D eigenvalue weighted by atomic mass is 10.2. The first kappa shape index (κ1) is 18.1. The number of rotatable bonds is 12. The molecule has 0 aliphatic carbocycles. The summed E-state index contributed by atoms with van der Waals surface area (Å²) in [6.45, 7) is 11.0. The summed E-state index contributed by atoms with van der Waals surface area (Å²) in [4.78, 5) is 11.4. The van der Waals surface area contributed by atoms with Crippen LogP contribution in [-0.2, 0) is 14.3 Å². The monoisotopic (exact) mass is 271 g/mol. The topological polar surface area (TPSA) is 47.6 Å². The molecule has 0 aliphatic heterocycles. The number of carbonyl (C=O) groups excluding carboxylic acids is 1.